The first-order valence-electron chi connectivity index (χ1n) is 9.72. The molecule has 0 spiro atoms. The summed E-state index contributed by atoms with van der Waals surface area (Å²) in [6.07, 6.45) is 3.72. The number of rotatable bonds is 1. The molecule has 3 heterocycles. The molecule has 2 aliphatic rings. The Morgan fingerprint density at radius 3 is 2.52 bits per heavy atom. The quantitative estimate of drug-likeness (QED) is 0.744. The van der Waals surface area contributed by atoms with E-state index in [0.29, 0.717) is 0 Å². The Labute approximate surface area is 159 Å². The first-order valence-corrected chi connectivity index (χ1v) is 9.72. The molecular formula is C22H27FN2O2. The highest BCUT2D eigenvalue weighted by Crippen LogP contribution is 2.38. The summed E-state index contributed by atoms with van der Waals surface area (Å²) in [5.74, 6) is 0.0175. The molecule has 0 fully saturated rings. The standard InChI is InChI=1S/C22H27FN2O2/c1-22(2,3)25-9-6-5-7-15-11-18-16-13-17(23)19(27-4)12-14(16)8-10-24(18)20(15)21(25)26/h11-13H,5-10H2,1-4H3. The minimum atomic E-state index is -0.360. The van der Waals surface area contributed by atoms with E-state index >= 15 is 0 Å². The maximum atomic E-state index is 14.4. The molecule has 1 amide bonds. The van der Waals surface area contributed by atoms with Crippen molar-refractivity contribution in [2.24, 2.45) is 0 Å². The molecule has 0 N–H and O–H groups in total. The largest absolute Gasteiger partial charge is 0.494 e. The molecule has 1 aromatic carbocycles. The normalized spacial score (nSPS) is 16.9. The predicted molar refractivity (Wildman–Crippen MR) is 104 cm³/mol. The highest BCUT2D eigenvalue weighted by molar-refractivity contribution is 5.96. The topological polar surface area (TPSA) is 34.5 Å². The second kappa shape index (κ2) is 6.39. The molecule has 0 unspecified atom stereocenters. The van der Waals surface area contributed by atoms with E-state index in [-0.39, 0.29) is 23.0 Å². The lowest BCUT2D eigenvalue weighted by Crippen LogP contribution is -2.47. The number of halogens is 1. The fourth-order valence-electron chi connectivity index (χ4n) is 4.39. The predicted octanol–water partition coefficient (Wildman–Crippen LogP) is 4.44. The number of aryl methyl sites for hydroxylation is 2. The molecule has 5 heteroatoms. The molecule has 0 saturated heterocycles. The lowest BCUT2D eigenvalue weighted by molar-refractivity contribution is 0.0558. The summed E-state index contributed by atoms with van der Waals surface area (Å²) < 4.78 is 21.6. The summed E-state index contributed by atoms with van der Waals surface area (Å²) in [6, 6.07) is 5.45. The molecule has 0 atom stereocenters. The van der Waals surface area contributed by atoms with Crippen LogP contribution in [0.3, 0.4) is 0 Å². The summed E-state index contributed by atoms with van der Waals surface area (Å²) in [7, 11) is 1.49. The fraction of sp³-hybridized carbons (Fsp3) is 0.500. The van der Waals surface area contributed by atoms with Crippen molar-refractivity contribution in [2.75, 3.05) is 13.7 Å². The third kappa shape index (κ3) is 2.93. The average molecular weight is 370 g/mol. The number of carbonyl (C=O) groups excluding carboxylic acids is 1. The number of benzene rings is 1. The minimum absolute atomic E-state index is 0.0980. The van der Waals surface area contributed by atoms with E-state index in [2.05, 4.69) is 31.4 Å². The molecule has 144 valence electrons. The van der Waals surface area contributed by atoms with Gasteiger partial charge in [0.25, 0.3) is 5.91 Å². The molecule has 27 heavy (non-hydrogen) atoms. The maximum Gasteiger partial charge on any atom is 0.271 e. The number of hydrogen-bond donors (Lipinski definition) is 0. The van der Waals surface area contributed by atoms with Crippen molar-refractivity contribution in [3.8, 4) is 17.0 Å². The van der Waals surface area contributed by atoms with Crippen molar-refractivity contribution in [3.63, 3.8) is 0 Å². The van der Waals surface area contributed by atoms with Gasteiger partial charge in [-0.3, -0.25) is 4.79 Å². The van der Waals surface area contributed by atoms with E-state index in [1.165, 1.54) is 7.11 Å². The van der Waals surface area contributed by atoms with Crippen LogP contribution in [0.1, 0.15) is 55.2 Å². The molecule has 1 aromatic heterocycles. The van der Waals surface area contributed by atoms with Crippen LogP contribution in [-0.4, -0.2) is 34.6 Å². The molecular weight excluding hydrogens is 343 g/mol. The van der Waals surface area contributed by atoms with Crippen LogP contribution >= 0.6 is 0 Å². The van der Waals surface area contributed by atoms with Crippen LogP contribution in [-0.2, 0) is 19.4 Å². The van der Waals surface area contributed by atoms with Gasteiger partial charge < -0.3 is 14.2 Å². The summed E-state index contributed by atoms with van der Waals surface area (Å²) in [5.41, 5.74) is 4.57. The van der Waals surface area contributed by atoms with Gasteiger partial charge in [0.05, 0.1) is 7.11 Å². The van der Waals surface area contributed by atoms with Gasteiger partial charge in [-0.2, -0.15) is 0 Å². The number of amides is 1. The number of ether oxygens (including phenoxy) is 1. The number of nitrogens with zero attached hydrogens (tertiary/aromatic N) is 2. The summed E-state index contributed by atoms with van der Waals surface area (Å²) in [5, 5.41) is 0. The van der Waals surface area contributed by atoms with Crippen molar-refractivity contribution < 1.29 is 13.9 Å². The smallest absolute Gasteiger partial charge is 0.271 e. The van der Waals surface area contributed by atoms with Gasteiger partial charge in [0.1, 0.15) is 5.69 Å². The van der Waals surface area contributed by atoms with E-state index in [1.54, 1.807) is 12.1 Å². The summed E-state index contributed by atoms with van der Waals surface area (Å²) in [4.78, 5) is 15.4. The van der Waals surface area contributed by atoms with Crippen molar-refractivity contribution >= 4 is 5.91 Å². The van der Waals surface area contributed by atoms with Gasteiger partial charge in [-0.05, 0) is 75.8 Å². The number of carbonyl (C=O) groups is 1. The number of fused-ring (bicyclic) bond motifs is 5. The third-order valence-electron chi connectivity index (χ3n) is 5.77. The van der Waals surface area contributed by atoms with Crippen LogP contribution in [0.15, 0.2) is 18.2 Å². The van der Waals surface area contributed by atoms with Gasteiger partial charge in [0.15, 0.2) is 11.6 Å². The maximum absolute atomic E-state index is 14.4. The zero-order valence-corrected chi connectivity index (χ0v) is 16.6. The van der Waals surface area contributed by atoms with Gasteiger partial charge in [0, 0.05) is 29.9 Å². The number of hydrogen-bond acceptors (Lipinski definition) is 2. The minimum Gasteiger partial charge on any atom is -0.494 e. The van der Waals surface area contributed by atoms with E-state index in [0.717, 1.165) is 66.9 Å². The van der Waals surface area contributed by atoms with Crippen molar-refractivity contribution in [3.05, 3.63) is 40.8 Å². The van der Waals surface area contributed by atoms with Crippen LogP contribution < -0.4 is 4.74 Å². The lowest BCUT2D eigenvalue weighted by Gasteiger charge is -2.37. The zero-order chi connectivity index (χ0) is 19.3. The molecule has 0 aliphatic carbocycles. The average Bonchev–Trinajstić information content (AvgIpc) is 2.96. The van der Waals surface area contributed by atoms with E-state index < -0.39 is 0 Å². The van der Waals surface area contributed by atoms with Crippen molar-refractivity contribution in [2.45, 2.75) is 58.5 Å². The van der Waals surface area contributed by atoms with Gasteiger partial charge in [-0.25, -0.2) is 4.39 Å². The molecule has 0 radical (unpaired) electrons. The Hall–Kier alpha value is -2.30. The Morgan fingerprint density at radius 1 is 1.04 bits per heavy atom. The van der Waals surface area contributed by atoms with Crippen LogP contribution in [0, 0.1) is 5.82 Å². The van der Waals surface area contributed by atoms with Crippen LogP contribution in [0.5, 0.6) is 5.75 Å². The second-order valence-corrected chi connectivity index (χ2v) is 8.53. The SMILES string of the molecule is COc1cc2c(cc1F)-c1cc3c(n1CC2)C(=O)N(C(C)(C)C)CCCC3. The summed E-state index contributed by atoms with van der Waals surface area (Å²) in [6.45, 7) is 7.77. The Balaban J connectivity index is 1.87. The van der Waals surface area contributed by atoms with E-state index in [4.69, 9.17) is 4.74 Å². The molecule has 4 rings (SSSR count). The number of methoxy groups -OCH3 is 1. The number of aromatic nitrogens is 1. The third-order valence-corrected chi connectivity index (χ3v) is 5.77. The highest BCUT2D eigenvalue weighted by atomic mass is 19.1. The van der Waals surface area contributed by atoms with Gasteiger partial charge in [-0.15, -0.1) is 0 Å². The highest BCUT2D eigenvalue weighted by Gasteiger charge is 2.34. The molecule has 2 aliphatic heterocycles. The molecule has 4 nitrogen and oxygen atoms in total. The van der Waals surface area contributed by atoms with Crippen LogP contribution in [0.4, 0.5) is 4.39 Å². The molecule has 2 aromatic rings. The summed E-state index contributed by atoms with van der Waals surface area (Å²) >= 11 is 0. The van der Waals surface area contributed by atoms with Gasteiger partial charge in [-0.1, -0.05) is 0 Å². The van der Waals surface area contributed by atoms with Gasteiger partial charge >= 0.3 is 0 Å². The zero-order valence-electron chi connectivity index (χ0n) is 16.6. The van der Waals surface area contributed by atoms with Crippen molar-refractivity contribution in [1.29, 1.82) is 0 Å². The Bertz CT molecular complexity index is 908. The van der Waals surface area contributed by atoms with Gasteiger partial charge in [0.2, 0.25) is 0 Å². The molecule has 0 bridgehead atoms. The van der Waals surface area contributed by atoms with E-state index in [9.17, 15) is 9.18 Å². The van der Waals surface area contributed by atoms with Crippen LogP contribution in [0.25, 0.3) is 11.3 Å². The lowest BCUT2D eigenvalue weighted by atomic mass is 9.97. The monoisotopic (exact) mass is 370 g/mol. The van der Waals surface area contributed by atoms with E-state index in [1.807, 2.05) is 4.90 Å². The van der Waals surface area contributed by atoms with Crippen molar-refractivity contribution in [1.82, 2.24) is 9.47 Å². The van der Waals surface area contributed by atoms with Crippen LogP contribution in [0.2, 0.25) is 0 Å². The fourth-order valence-corrected chi connectivity index (χ4v) is 4.39. The molecule has 0 saturated carbocycles. The first-order chi connectivity index (χ1) is 12.8. The Morgan fingerprint density at radius 2 is 1.81 bits per heavy atom. The second-order valence-electron chi connectivity index (χ2n) is 8.53. The Kier molecular flexibility index (Phi) is 4.28. The first kappa shape index (κ1) is 18.1.